The van der Waals surface area contributed by atoms with Crippen LogP contribution in [0.2, 0.25) is 0 Å². The molecule has 1 aliphatic carbocycles. The Labute approximate surface area is 165 Å². The van der Waals surface area contributed by atoms with Crippen LogP contribution in [0.15, 0.2) is 36.5 Å². The van der Waals surface area contributed by atoms with Crippen molar-refractivity contribution in [3.8, 4) is 0 Å². The van der Waals surface area contributed by atoms with E-state index in [9.17, 15) is 9.59 Å². The maximum absolute atomic E-state index is 12.4. The Kier molecular flexibility index (Phi) is 6.85. The molecule has 0 spiro atoms. The summed E-state index contributed by atoms with van der Waals surface area (Å²) in [5.41, 5.74) is 3.24. The van der Waals surface area contributed by atoms with Gasteiger partial charge in [-0.2, -0.15) is 5.10 Å². The molecule has 0 atom stereocenters. The van der Waals surface area contributed by atoms with Crippen LogP contribution < -0.4 is 0 Å². The number of carbonyl (C=O) groups excluding carboxylic acids is 2. The van der Waals surface area contributed by atoms with E-state index in [0.717, 1.165) is 36.9 Å². The predicted molar refractivity (Wildman–Crippen MR) is 105 cm³/mol. The third-order valence-corrected chi connectivity index (χ3v) is 5.48. The topological polar surface area (TPSA) is 70.4 Å². The fraction of sp³-hybridized carbons (Fsp3) is 0.500. The van der Waals surface area contributed by atoms with Gasteiger partial charge < -0.3 is 9.47 Å². The van der Waals surface area contributed by atoms with Crippen molar-refractivity contribution in [3.05, 3.63) is 53.3 Å². The second-order valence-corrected chi connectivity index (χ2v) is 7.40. The van der Waals surface area contributed by atoms with Gasteiger partial charge in [0.2, 0.25) is 0 Å². The molecule has 1 fully saturated rings. The molecule has 28 heavy (non-hydrogen) atoms. The van der Waals surface area contributed by atoms with Crippen molar-refractivity contribution in [2.75, 3.05) is 7.11 Å². The van der Waals surface area contributed by atoms with Crippen LogP contribution >= 0.6 is 0 Å². The van der Waals surface area contributed by atoms with Gasteiger partial charge in [-0.05, 0) is 49.7 Å². The van der Waals surface area contributed by atoms with Gasteiger partial charge in [-0.3, -0.25) is 14.3 Å². The van der Waals surface area contributed by atoms with Gasteiger partial charge in [0, 0.05) is 6.20 Å². The lowest BCUT2D eigenvalue weighted by molar-refractivity contribution is -0.151. The molecule has 0 unspecified atom stereocenters. The van der Waals surface area contributed by atoms with Gasteiger partial charge in [0.25, 0.3) is 0 Å². The number of aryl methyl sites for hydroxylation is 2. The highest BCUT2D eigenvalue weighted by Crippen LogP contribution is 2.37. The molecule has 0 N–H and O–H groups in total. The van der Waals surface area contributed by atoms with Crippen molar-refractivity contribution in [1.82, 2.24) is 9.78 Å². The van der Waals surface area contributed by atoms with Crippen LogP contribution in [0.5, 0.6) is 0 Å². The Bertz CT molecular complexity index is 792. The molecule has 1 aromatic heterocycles. The Morgan fingerprint density at radius 2 is 1.86 bits per heavy atom. The molecular weight excluding hydrogens is 356 g/mol. The summed E-state index contributed by atoms with van der Waals surface area (Å²) in [6.07, 6.45) is 5.94. The number of esters is 2. The molecule has 0 radical (unpaired) electrons. The summed E-state index contributed by atoms with van der Waals surface area (Å²) in [5, 5.41) is 4.53. The van der Waals surface area contributed by atoms with Crippen molar-refractivity contribution in [2.45, 2.75) is 58.1 Å². The van der Waals surface area contributed by atoms with E-state index in [2.05, 4.69) is 9.84 Å². The first kappa shape index (κ1) is 20.1. The number of rotatable bonds is 7. The zero-order chi connectivity index (χ0) is 19.9. The van der Waals surface area contributed by atoms with Crippen molar-refractivity contribution in [2.24, 2.45) is 5.92 Å². The zero-order valence-electron chi connectivity index (χ0n) is 16.6. The van der Waals surface area contributed by atoms with Crippen molar-refractivity contribution < 1.29 is 19.1 Å². The van der Waals surface area contributed by atoms with Crippen molar-refractivity contribution in [3.63, 3.8) is 0 Å². The van der Waals surface area contributed by atoms with Crippen LogP contribution in [-0.2, 0) is 32.2 Å². The number of hydrogen-bond acceptors (Lipinski definition) is 5. The van der Waals surface area contributed by atoms with Crippen LogP contribution in [0.25, 0.3) is 0 Å². The minimum Gasteiger partial charge on any atom is -0.469 e. The number of benzene rings is 1. The average molecular weight is 384 g/mol. The van der Waals surface area contributed by atoms with Crippen molar-refractivity contribution >= 4 is 11.9 Å². The van der Waals surface area contributed by atoms with Crippen molar-refractivity contribution in [1.29, 1.82) is 0 Å². The highest BCUT2D eigenvalue weighted by atomic mass is 16.5. The fourth-order valence-electron chi connectivity index (χ4n) is 3.84. The number of ether oxygens (including phenoxy) is 2. The molecule has 150 valence electrons. The zero-order valence-corrected chi connectivity index (χ0v) is 16.6. The number of nitrogens with zero attached hydrogens (tertiary/aromatic N) is 2. The molecule has 6 nitrogen and oxygen atoms in total. The minimum atomic E-state index is -0.232. The summed E-state index contributed by atoms with van der Waals surface area (Å²) in [6.45, 7) is 2.87. The van der Waals surface area contributed by atoms with Gasteiger partial charge in [0.15, 0.2) is 0 Å². The molecule has 0 aliphatic heterocycles. The lowest BCUT2D eigenvalue weighted by Crippen LogP contribution is -2.23. The van der Waals surface area contributed by atoms with Gasteiger partial charge >= 0.3 is 11.9 Å². The predicted octanol–water partition coefficient (Wildman–Crippen LogP) is 3.77. The molecule has 1 aliphatic rings. The van der Waals surface area contributed by atoms with E-state index in [0.29, 0.717) is 25.5 Å². The van der Waals surface area contributed by atoms with Crippen LogP contribution in [0, 0.1) is 12.8 Å². The highest BCUT2D eigenvalue weighted by molar-refractivity contribution is 5.72. The van der Waals surface area contributed by atoms with Crippen LogP contribution in [-0.4, -0.2) is 28.8 Å². The maximum Gasteiger partial charge on any atom is 0.309 e. The van der Waals surface area contributed by atoms with E-state index in [1.54, 1.807) is 0 Å². The van der Waals surface area contributed by atoms with E-state index in [1.165, 1.54) is 12.7 Å². The molecule has 3 rings (SSSR count). The van der Waals surface area contributed by atoms with E-state index < -0.39 is 0 Å². The molecule has 1 saturated carbocycles. The second-order valence-electron chi connectivity index (χ2n) is 7.40. The molecule has 2 aromatic rings. The summed E-state index contributed by atoms with van der Waals surface area (Å²) in [5.74, 6) is 0.0664. The molecule has 0 amide bonds. The molecule has 1 aromatic carbocycles. The first-order valence-corrected chi connectivity index (χ1v) is 9.88. The smallest absolute Gasteiger partial charge is 0.309 e. The monoisotopic (exact) mass is 384 g/mol. The second kappa shape index (κ2) is 9.53. The lowest BCUT2D eigenvalue weighted by atomic mass is 9.79. The minimum absolute atomic E-state index is 0.0189. The average Bonchev–Trinajstić information content (AvgIpc) is 3.11. The number of methoxy groups -OCH3 is 1. The summed E-state index contributed by atoms with van der Waals surface area (Å²) < 4.78 is 12.0. The number of aromatic nitrogens is 2. The third kappa shape index (κ3) is 5.21. The molecule has 1 heterocycles. The van der Waals surface area contributed by atoms with Crippen LogP contribution in [0.4, 0.5) is 0 Å². The van der Waals surface area contributed by atoms with Gasteiger partial charge in [0.05, 0.1) is 31.7 Å². The van der Waals surface area contributed by atoms with Crippen LogP contribution in [0.3, 0.4) is 0 Å². The quantitative estimate of drug-likeness (QED) is 0.680. The number of hydrogen-bond donors (Lipinski definition) is 0. The Morgan fingerprint density at radius 3 is 2.54 bits per heavy atom. The van der Waals surface area contributed by atoms with Crippen LogP contribution in [0.1, 0.15) is 54.8 Å². The largest absolute Gasteiger partial charge is 0.469 e. The summed E-state index contributed by atoms with van der Waals surface area (Å²) in [7, 11) is 1.39. The highest BCUT2D eigenvalue weighted by Gasteiger charge is 2.29. The maximum atomic E-state index is 12.4. The van der Waals surface area contributed by atoms with E-state index >= 15 is 0 Å². The van der Waals surface area contributed by atoms with Gasteiger partial charge in [0.1, 0.15) is 6.61 Å². The van der Waals surface area contributed by atoms with E-state index in [-0.39, 0.29) is 17.9 Å². The van der Waals surface area contributed by atoms with E-state index in [1.807, 2.05) is 48.1 Å². The van der Waals surface area contributed by atoms with Gasteiger partial charge in [-0.25, -0.2) is 0 Å². The summed E-state index contributed by atoms with van der Waals surface area (Å²) >= 11 is 0. The third-order valence-electron chi connectivity index (χ3n) is 5.48. The lowest BCUT2D eigenvalue weighted by Gasteiger charge is -2.27. The Morgan fingerprint density at radius 1 is 1.14 bits per heavy atom. The first-order chi connectivity index (χ1) is 13.6. The molecular formula is C22H28N2O4. The standard InChI is InChI=1S/C22H28N2O4/c1-16-20(14-24(23-16)13-12-21(25)27-2)18-8-10-19(11-9-18)22(26)28-15-17-6-4-3-5-7-17/h3-7,14,18-19H,8-13,15H2,1-2H3. The molecule has 0 bridgehead atoms. The SMILES string of the molecule is COC(=O)CCn1cc(C2CCC(C(=O)OCc3ccccc3)CC2)c(C)n1. The van der Waals surface area contributed by atoms with Gasteiger partial charge in [-0.1, -0.05) is 30.3 Å². The normalized spacial score (nSPS) is 19.2. The summed E-state index contributed by atoms with van der Waals surface area (Å²) in [6, 6.07) is 9.77. The molecule has 6 heteroatoms. The summed E-state index contributed by atoms with van der Waals surface area (Å²) in [4.78, 5) is 23.7. The first-order valence-electron chi connectivity index (χ1n) is 9.88. The van der Waals surface area contributed by atoms with E-state index in [4.69, 9.17) is 4.74 Å². The fourth-order valence-corrected chi connectivity index (χ4v) is 3.84. The Balaban J connectivity index is 1.49. The molecule has 0 saturated heterocycles. The number of carbonyl (C=O) groups is 2. The Hall–Kier alpha value is -2.63. The van der Waals surface area contributed by atoms with Gasteiger partial charge in [-0.15, -0.1) is 0 Å².